The molecule has 0 radical (unpaired) electrons. The van der Waals surface area contributed by atoms with Gasteiger partial charge in [-0.05, 0) is 111 Å². The van der Waals surface area contributed by atoms with E-state index in [9.17, 15) is 5.41 Å². The summed E-state index contributed by atoms with van der Waals surface area (Å²) in [5.41, 5.74) is 12.8. The molecule has 0 bridgehead atoms. The maximum Gasteiger partial charge on any atom is 0.286 e. The number of hydrogen-bond acceptors (Lipinski definition) is 1. The Morgan fingerprint density at radius 3 is 1.67 bits per heavy atom. The van der Waals surface area contributed by atoms with Crippen LogP contribution in [0.15, 0.2) is 218 Å². The molecule has 58 heavy (non-hydrogen) atoms. The predicted molar refractivity (Wildman–Crippen MR) is 243 cm³/mol. The van der Waals surface area contributed by atoms with E-state index in [1.807, 2.05) is 53.4 Å². The molecule has 0 aliphatic carbocycles. The third kappa shape index (κ3) is 6.14. The van der Waals surface area contributed by atoms with Crippen LogP contribution in [0.4, 0.5) is 5.69 Å². The van der Waals surface area contributed by atoms with Gasteiger partial charge in [-0.25, -0.2) is 0 Å². The van der Waals surface area contributed by atoms with Crippen molar-refractivity contribution in [1.29, 1.82) is 5.41 Å². The number of nitrogens with two attached hydrogens (primary N) is 1. The van der Waals surface area contributed by atoms with Crippen molar-refractivity contribution < 1.29 is 5.41 Å². The number of fused-ring (bicyclic) bond motifs is 4. The first-order valence-corrected chi connectivity index (χ1v) is 19.6. The van der Waals surface area contributed by atoms with Gasteiger partial charge in [0.15, 0.2) is 0 Å². The number of amidine groups is 2. The van der Waals surface area contributed by atoms with Gasteiger partial charge in [0.05, 0.1) is 16.6 Å². The van der Waals surface area contributed by atoms with E-state index < -0.39 is 0 Å². The molecule has 10 aromatic rings. The third-order valence-corrected chi connectivity index (χ3v) is 11.1. The van der Waals surface area contributed by atoms with Crippen LogP contribution >= 0.6 is 0 Å². The van der Waals surface area contributed by atoms with E-state index >= 15 is 0 Å². The monoisotopic (exact) mass is 743 g/mol. The van der Waals surface area contributed by atoms with Crippen molar-refractivity contribution in [3.8, 4) is 39.1 Å². The van der Waals surface area contributed by atoms with Crippen molar-refractivity contribution in [2.45, 2.75) is 0 Å². The first-order chi connectivity index (χ1) is 28.6. The molecule has 4 nitrogen and oxygen atoms in total. The minimum Gasteiger partial charge on any atom is -0.309 e. The smallest absolute Gasteiger partial charge is 0.286 e. The first-order valence-electron chi connectivity index (χ1n) is 19.6. The van der Waals surface area contributed by atoms with Gasteiger partial charge < -0.3 is 4.57 Å². The van der Waals surface area contributed by atoms with E-state index in [1.54, 1.807) is 0 Å². The highest BCUT2D eigenvalue weighted by Crippen LogP contribution is 2.41. The fourth-order valence-electron chi connectivity index (χ4n) is 8.32. The molecule has 0 spiro atoms. The molecule has 4 heteroatoms. The van der Waals surface area contributed by atoms with Gasteiger partial charge in [-0.2, -0.15) is 4.90 Å². The molecular formula is C54H39N4+. The third-order valence-electron chi connectivity index (χ3n) is 11.1. The fourth-order valence-corrected chi connectivity index (χ4v) is 8.32. The molecule has 0 aliphatic rings. The number of aromatic nitrogens is 1. The molecule has 10 rings (SSSR count). The molecule has 0 saturated carbocycles. The molecule has 0 amide bonds. The van der Waals surface area contributed by atoms with E-state index in [2.05, 4.69) is 174 Å². The first kappa shape index (κ1) is 34.7. The molecule has 0 fully saturated rings. The molecule has 9 aromatic carbocycles. The Labute approximate surface area is 337 Å². The van der Waals surface area contributed by atoms with Crippen molar-refractivity contribution >= 4 is 49.9 Å². The molecule has 274 valence electrons. The minimum atomic E-state index is 0.309. The average molecular weight is 744 g/mol. The van der Waals surface area contributed by atoms with Crippen LogP contribution in [0.1, 0.15) is 11.1 Å². The topological polar surface area (TPSA) is 57.6 Å². The summed E-state index contributed by atoms with van der Waals surface area (Å²) in [6.07, 6.45) is 0. The number of hydrogen-bond donors (Lipinski definition) is 2. The highest BCUT2D eigenvalue weighted by atomic mass is 15.2. The summed E-state index contributed by atoms with van der Waals surface area (Å²) in [5.74, 6) is 0.793. The predicted octanol–water partition coefficient (Wildman–Crippen LogP) is 12.0. The summed E-state index contributed by atoms with van der Waals surface area (Å²) < 4.78 is 2.36. The van der Waals surface area contributed by atoms with E-state index in [0.29, 0.717) is 11.7 Å². The van der Waals surface area contributed by atoms with Crippen LogP contribution in [0, 0.1) is 5.41 Å². The minimum absolute atomic E-state index is 0.309. The Morgan fingerprint density at radius 2 is 0.948 bits per heavy atom. The zero-order valence-corrected chi connectivity index (χ0v) is 31.8. The van der Waals surface area contributed by atoms with Gasteiger partial charge in [-0.3, -0.25) is 10.8 Å². The second-order valence-corrected chi connectivity index (χ2v) is 14.6. The lowest BCUT2D eigenvalue weighted by molar-refractivity contribution is -0.113. The SMILES string of the molecule is N=C(c1ccc2ccccc2c1)N(C(=[NH2+])c1ccc(-c2ccccc2-c2ccccc2-c2ccc3c(c2)c2ccccc2n3-c2ccccc2)cc1)c1ccccc1. The summed E-state index contributed by atoms with van der Waals surface area (Å²) >= 11 is 0. The number of nitrogens with one attached hydrogen (secondary N) is 1. The normalized spacial score (nSPS) is 11.2. The Bertz CT molecular complexity index is 3140. The maximum absolute atomic E-state index is 9.42. The fraction of sp³-hybridized carbons (Fsp3) is 0. The van der Waals surface area contributed by atoms with Crippen molar-refractivity contribution in [3.63, 3.8) is 0 Å². The standard InChI is InChI=1S/C54H38N4/c55-53(58(44-19-5-2-6-20-44)54(56)42-32-27-37-15-7-8-16-40(37)35-42)39-30-28-38(29-31-39)45-21-9-11-23-47(45)48-24-12-10-22-46(48)41-33-34-52-50(36-41)49-25-13-14-26-51(49)57(52)43-17-3-1-4-18-43/h1-36,55-56H/p+1. The van der Waals surface area contributed by atoms with Crippen molar-refractivity contribution in [2.75, 3.05) is 4.90 Å². The molecular weight excluding hydrogens is 705 g/mol. The van der Waals surface area contributed by atoms with Crippen LogP contribution in [0.25, 0.3) is 71.6 Å². The zero-order valence-electron chi connectivity index (χ0n) is 31.8. The van der Waals surface area contributed by atoms with Crippen molar-refractivity contribution in [1.82, 2.24) is 4.57 Å². The highest BCUT2D eigenvalue weighted by Gasteiger charge is 2.29. The second kappa shape index (κ2) is 14.7. The molecule has 0 unspecified atom stereocenters. The number of nitrogens with zero attached hydrogens (tertiary/aromatic N) is 2. The van der Waals surface area contributed by atoms with Gasteiger partial charge >= 0.3 is 0 Å². The molecule has 1 heterocycles. The van der Waals surface area contributed by atoms with Gasteiger partial charge in [0.1, 0.15) is 5.69 Å². The highest BCUT2D eigenvalue weighted by molar-refractivity contribution is 6.27. The van der Waals surface area contributed by atoms with Crippen LogP contribution in [0.3, 0.4) is 0 Å². The van der Waals surface area contributed by atoms with E-state index in [0.717, 1.165) is 50.0 Å². The number of para-hydroxylation sites is 3. The number of benzene rings is 9. The van der Waals surface area contributed by atoms with Gasteiger partial charge in [-0.1, -0.05) is 152 Å². The Hall–Kier alpha value is -7.82. The largest absolute Gasteiger partial charge is 0.309 e. The van der Waals surface area contributed by atoms with Gasteiger partial charge in [0, 0.05) is 22.0 Å². The Kier molecular flexibility index (Phi) is 8.77. The second-order valence-electron chi connectivity index (χ2n) is 14.6. The van der Waals surface area contributed by atoms with Crippen LogP contribution in [-0.4, -0.2) is 16.2 Å². The van der Waals surface area contributed by atoms with E-state index in [-0.39, 0.29) is 0 Å². The maximum atomic E-state index is 9.42. The summed E-state index contributed by atoms with van der Waals surface area (Å²) in [5, 5.41) is 21.1. The lowest BCUT2D eigenvalue weighted by Gasteiger charge is -2.19. The number of rotatable bonds is 7. The van der Waals surface area contributed by atoms with E-state index in [1.165, 1.54) is 38.5 Å². The zero-order chi connectivity index (χ0) is 39.0. The van der Waals surface area contributed by atoms with Crippen LogP contribution in [0.2, 0.25) is 0 Å². The average Bonchev–Trinajstić information content (AvgIpc) is 3.63. The lowest BCUT2D eigenvalue weighted by Crippen LogP contribution is -2.54. The molecule has 0 saturated heterocycles. The quantitative estimate of drug-likeness (QED) is 0.124. The van der Waals surface area contributed by atoms with Gasteiger partial charge in [0.25, 0.3) is 5.84 Å². The molecule has 3 N–H and O–H groups in total. The van der Waals surface area contributed by atoms with Crippen molar-refractivity contribution in [3.05, 3.63) is 230 Å². The summed E-state index contributed by atoms with van der Waals surface area (Å²) in [7, 11) is 0. The molecule has 1 aromatic heterocycles. The molecule has 0 atom stereocenters. The Morgan fingerprint density at radius 1 is 0.414 bits per heavy atom. The van der Waals surface area contributed by atoms with Crippen LogP contribution in [-0.2, 0) is 0 Å². The number of anilines is 1. The van der Waals surface area contributed by atoms with Crippen LogP contribution < -0.4 is 10.3 Å². The lowest BCUT2D eigenvalue weighted by atomic mass is 9.89. The van der Waals surface area contributed by atoms with Crippen LogP contribution in [0.5, 0.6) is 0 Å². The summed E-state index contributed by atoms with van der Waals surface area (Å²) in [6.45, 7) is 0. The van der Waals surface area contributed by atoms with Gasteiger partial charge in [0.2, 0.25) is 5.84 Å². The Balaban J connectivity index is 1.01. The summed E-state index contributed by atoms with van der Waals surface area (Å²) in [4.78, 5) is 1.83. The van der Waals surface area contributed by atoms with Crippen molar-refractivity contribution in [2.24, 2.45) is 0 Å². The van der Waals surface area contributed by atoms with E-state index in [4.69, 9.17) is 5.41 Å². The van der Waals surface area contributed by atoms with Gasteiger partial charge in [-0.15, -0.1) is 0 Å². The molecule has 0 aliphatic heterocycles. The summed E-state index contributed by atoms with van der Waals surface area (Å²) in [6, 6.07) is 76.1.